The zero-order valence-electron chi connectivity index (χ0n) is 11.5. The number of hydrogen-bond acceptors (Lipinski definition) is 5. The third-order valence-electron chi connectivity index (χ3n) is 2.73. The minimum atomic E-state index is -0.410. The summed E-state index contributed by atoms with van der Waals surface area (Å²) in [6, 6.07) is 3.38. The molecule has 0 aliphatic heterocycles. The first kappa shape index (κ1) is 15.1. The summed E-state index contributed by atoms with van der Waals surface area (Å²) < 4.78 is 4.58. The predicted molar refractivity (Wildman–Crippen MR) is 70.6 cm³/mol. The van der Waals surface area contributed by atoms with E-state index < -0.39 is 5.97 Å². The quantitative estimate of drug-likeness (QED) is 0.755. The van der Waals surface area contributed by atoms with Crippen molar-refractivity contribution in [2.45, 2.75) is 13.5 Å². The molecule has 1 rings (SSSR count). The standard InChI is InChI=1S/C13H19N3O3/c1-4-16(2)12(17)9-14-8-11-6-5-10(7-15-11)13(18)19-3/h5-7,14H,4,8-9H2,1-3H3. The monoisotopic (exact) mass is 265 g/mol. The lowest BCUT2D eigenvalue weighted by Crippen LogP contribution is -2.35. The fraction of sp³-hybridized carbons (Fsp3) is 0.462. The highest BCUT2D eigenvalue weighted by Crippen LogP contribution is 2.01. The van der Waals surface area contributed by atoms with Crippen molar-refractivity contribution in [1.82, 2.24) is 15.2 Å². The Morgan fingerprint density at radius 2 is 2.16 bits per heavy atom. The summed E-state index contributed by atoms with van der Waals surface area (Å²) >= 11 is 0. The van der Waals surface area contributed by atoms with E-state index in [-0.39, 0.29) is 12.5 Å². The number of likely N-dealkylation sites (N-methyl/N-ethyl adjacent to an activating group) is 1. The Morgan fingerprint density at radius 3 is 2.68 bits per heavy atom. The van der Waals surface area contributed by atoms with Crippen LogP contribution in [0, 0.1) is 0 Å². The van der Waals surface area contributed by atoms with Crippen molar-refractivity contribution in [2.75, 3.05) is 27.2 Å². The number of pyridine rings is 1. The summed E-state index contributed by atoms with van der Waals surface area (Å²) in [5.74, 6) is -0.375. The van der Waals surface area contributed by atoms with E-state index in [1.54, 1.807) is 24.1 Å². The molecule has 6 heteroatoms. The minimum absolute atomic E-state index is 0.0358. The number of carbonyl (C=O) groups excluding carboxylic acids is 2. The second-order valence-corrected chi connectivity index (χ2v) is 4.04. The summed E-state index contributed by atoms with van der Waals surface area (Å²) in [4.78, 5) is 28.5. The van der Waals surface area contributed by atoms with Gasteiger partial charge in [-0.15, -0.1) is 0 Å². The van der Waals surface area contributed by atoms with Crippen LogP contribution in [0.1, 0.15) is 23.0 Å². The fourth-order valence-corrected chi connectivity index (χ4v) is 1.38. The smallest absolute Gasteiger partial charge is 0.339 e. The van der Waals surface area contributed by atoms with E-state index in [0.29, 0.717) is 18.7 Å². The lowest BCUT2D eigenvalue weighted by Gasteiger charge is -2.14. The average Bonchev–Trinajstić information content (AvgIpc) is 2.46. The summed E-state index contributed by atoms with van der Waals surface area (Å²) in [6.07, 6.45) is 1.46. The van der Waals surface area contributed by atoms with Crippen molar-refractivity contribution in [3.63, 3.8) is 0 Å². The van der Waals surface area contributed by atoms with E-state index in [9.17, 15) is 9.59 Å². The third-order valence-corrected chi connectivity index (χ3v) is 2.73. The number of nitrogens with zero attached hydrogens (tertiary/aromatic N) is 2. The van der Waals surface area contributed by atoms with Gasteiger partial charge in [-0.1, -0.05) is 0 Å². The summed E-state index contributed by atoms with van der Waals surface area (Å²) in [5.41, 5.74) is 1.17. The molecule has 1 amide bonds. The summed E-state index contributed by atoms with van der Waals surface area (Å²) in [5, 5.41) is 3.01. The molecule has 19 heavy (non-hydrogen) atoms. The van der Waals surface area contributed by atoms with Crippen LogP contribution >= 0.6 is 0 Å². The number of esters is 1. The maximum atomic E-state index is 11.5. The van der Waals surface area contributed by atoms with Gasteiger partial charge in [-0.2, -0.15) is 0 Å². The Kier molecular flexibility index (Phi) is 5.95. The van der Waals surface area contributed by atoms with Crippen molar-refractivity contribution < 1.29 is 14.3 Å². The number of ether oxygens (including phenoxy) is 1. The molecule has 0 atom stereocenters. The Balaban J connectivity index is 2.42. The van der Waals surface area contributed by atoms with E-state index in [2.05, 4.69) is 15.0 Å². The van der Waals surface area contributed by atoms with Gasteiger partial charge in [0.1, 0.15) is 0 Å². The maximum Gasteiger partial charge on any atom is 0.339 e. The van der Waals surface area contributed by atoms with Crippen LogP contribution in [0.25, 0.3) is 0 Å². The molecular weight excluding hydrogens is 246 g/mol. The lowest BCUT2D eigenvalue weighted by atomic mass is 10.2. The van der Waals surface area contributed by atoms with Gasteiger partial charge in [-0.25, -0.2) is 4.79 Å². The predicted octanol–water partition coefficient (Wildman–Crippen LogP) is 0.436. The fourth-order valence-electron chi connectivity index (χ4n) is 1.38. The van der Waals surface area contributed by atoms with E-state index >= 15 is 0 Å². The van der Waals surface area contributed by atoms with Crippen LogP contribution in [0.4, 0.5) is 0 Å². The van der Waals surface area contributed by atoms with Crippen LogP contribution in [-0.2, 0) is 16.1 Å². The van der Waals surface area contributed by atoms with Gasteiger partial charge in [0.25, 0.3) is 0 Å². The molecule has 0 spiro atoms. The number of methoxy groups -OCH3 is 1. The number of rotatable bonds is 6. The molecular formula is C13H19N3O3. The van der Waals surface area contributed by atoms with E-state index in [4.69, 9.17) is 0 Å². The molecule has 0 saturated carbocycles. The highest BCUT2D eigenvalue weighted by molar-refractivity contribution is 5.88. The highest BCUT2D eigenvalue weighted by atomic mass is 16.5. The topological polar surface area (TPSA) is 71.5 Å². The first-order valence-corrected chi connectivity index (χ1v) is 6.06. The second kappa shape index (κ2) is 7.48. The van der Waals surface area contributed by atoms with E-state index in [1.165, 1.54) is 13.3 Å². The molecule has 0 aliphatic rings. The molecule has 0 fully saturated rings. The zero-order chi connectivity index (χ0) is 14.3. The van der Waals surface area contributed by atoms with Gasteiger partial charge in [0, 0.05) is 26.3 Å². The van der Waals surface area contributed by atoms with Gasteiger partial charge < -0.3 is 15.0 Å². The molecule has 0 unspecified atom stereocenters. The van der Waals surface area contributed by atoms with Crippen LogP contribution in [-0.4, -0.2) is 49.0 Å². The third kappa shape index (κ3) is 4.67. The number of carbonyl (C=O) groups is 2. The number of aromatic nitrogens is 1. The van der Waals surface area contributed by atoms with Crippen molar-refractivity contribution in [3.8, 4) is 0 Å². The Hall–Kier alpha value is -1.95. The molecule has 0 radical (unpaired) electrons. The molecule has 0 bridgehead atoms. The van der Waals surface area contributed by atoms with E-state index in [1.807, 2.05) is 6.92 Å². The van der Waals surface area contributed by atoms with Crippen LogP contribution in [0.2, 0.25) is 0 Å². The lowest BCUT2D eigenvalue weighted by molar-refractivity contribution is -0.128. The molecule has 1 heterocycles. The van der Waals surface area contributed by atoms with E-state index in [0.717, 1.165) is 5.69 Å². The molecule has 0 aromatic carbocycles. The maximum absolute atomic E-state index is 11.5. The Morgan fingerprint density at radius 1 is 1.42 bits per heavy atom. The van der Waals surface area contributed by atoms with Crippen LogP contribution in [0.5, 0.6) is 0 Å². The summed E-state index contributed by atoms with van der Waals surface area (Å²) in [7, 11) is 3.08. The van der Waals surface area contributed by atoms with Crippen LogP contribution in [0.3, 0.4) is 0 Å². The van der Waals surface area contributed by atoms with Crippen molar-refractivity contribution in [2.24, 2.45) is 0 Å². The average molecular weight is 265 g/mol. The van der Waals surface area contributed by atoms with Crippen LogP contribution in [0.15, 0.2) is 18.3 Å². The summed E-state index contributed by atoms with van der Waals surface area (Å²) in [6.45, 7) is 3.35. The van der Waals surface area contributed by atoms with Crippen LogP contribution < -0.4 is 5.32 Å². The molecule has 6 nitrogen and oxygen atoms in total. The largest absolute Gasteiger partial charge is 0.465 e. The SMILES string of the molecule is CCN(C)C(=O)CNCc1ccc(C(=O)OC)cn1. The number of hydrogen-bond donors (Lipinski definition) is 1. The normalized spacial score (nSPS) is 10.1. The van der Waals surface area contributed by atoms with Crippen molar-refractivity contribution in [3.05, 3.63) is 29.6 Å². The van der Waals surface area contributed by atoms with Gasteiger partial charge in [0.15, 0.2) is 0 Å². The van der Waals surface area contributed by atoms with Gasteiger partial charge in [-0.05, 0) is 19.1 Å². The van der Waals surface area contributed by atoms with Gasteiger partial charge >= 0.3 is 5.97 Å². The second-order valence-electron chi connectivity index (χ2n) is 4.04. The minimum Gasteiger partial charge on any atom is -0.465 e. The Labute approximate surface area is 112 Å². The molecule has 1 aromatic rings. The first-order valence-electron chi connectivity index (χ1n) is 6.06. The van der Waals surface area contributed by atoms with Gasteiger partial charge in [-0.3, -0.25) is 9.78 Å². The molecule has 1 aromatic heterocycles. The molecule has 1 N–H and O–H groups in total. The Bertz CT molecular complexity index is 431. The molecule has 0 saturated heterocycles. The zero-order valence-corrected chi connectivity index (χ0v) is 11.5. The number of nitrogens with one attached hydrogen (secondary N) is 1. The van der Waals surface area contributed by atoms with Gasteiger partial charge in [0.05, 0.1) is 24.9 Å². The highest BCUT2D eigenvalue weighted by Gasteiger charge is 2.07. The van der Waals surface area contributed by atoms with Crippen molar-refractivity contribution in [1.29, 1.82) is 0 Å². The molecule has 104 valence electrons. The number of amides is 1. The first-order chi connectivity index (χ1) is 9.08. The van der Waals surface area contributed by atoms with Crippen molar-refractivity contribution >= 4 is 11.9 Å². The van der Waals surface area contributed by atoms with Gasteiger partial charge in [0.2, 0.25) is 5.91 Å². The molecule has 0 aliphatic carbocycles.